The molecule has 0 heterocycles. The van der Waals surface area contributed by atoms with Crippen LogP contribution >= 0.6 is 0 Å². The van der Waals surface area contributed by atoms with E-state index in [-0.39, 0.29) is 6.04 Å². The molecule has 0 aromatic heterocycles. The van der Waals surface area contributed by atoms with Crippen LogP contribution in [0.3, 0.4) is 0 Å². The summed E-state index contributed by atoms with van der Waals surface area (Å²) < 4.78 is 5.05. The first-order valence-electron chi connectivity index (χ1n) is 6.41. The summed E-state index contributed by atoms with van der Waals surface area (Å²) in [6.07, 6.45) is 0. The van der Waals surface area contributed by atoms with Crippen molar-refractivity contribution in [2.75, 3.05) is 20.8 Å². The zero-order chi connectivity index (χ0) is 15.0. The lowest BCUT2D eigenvalue weighted by atomic mass is 10.1. The Kier molecular flexibility index (Phi) is 6.69. The van der Waals surface area contributed by atoms with Crippen molar-refractivity contribution in [3.63, 3.8) is 0 Å². The molecule has 0 radical (unpaired) electrons. The third-order valence-electron chi connectivity index (χ3n) is 2.73. The summed E-state index contributed by atoms with van der Waals surface area (Å²) in [6, 6.07) is 8.06. The van der Waals surface area contributed by atoms with E-state index in [1.807, 2.05) is 37.3 Å². The average molecular weight is 279 g/mol. The van der Waals surface area contributed by atoms with Crippen LogP contribution in [0.1, 0.15) is 18.5 Å². The number of imide groups is 1. The van der Waals surface area contributed by atoms with Crippen molar-refractivity contribution < 1.29 is 14.3 Å². The molecule has 2 atom stereocenters. The maximum Gasteiger partial charge on any atom is 0.321 e. The van der Waals surface area contributed by atoms with Gasteiger partial charge in [-0.15, -0.1) is 0 Å². The number of nitrogens with one attached hydrogen (secondary N) is 3. The largest absolute Gasteiger partial charge is 0.383 e. The van der Waals surface area contributed by atoms with E-state index in [2.05, 4.69) is 16.0 Å². The molecule has 0 saturated heterocycles. The second-order valence-corrected chi connectivity index (χ2v) is 4.44. The van der Waals surface area contributed by atoms with Crippen molar-refractivity contribution in [2.45, 2.75) is 19.0 Å². The van der Waals surface area contributed by atoms with Gasteiger partial charge in [-0.05, 0) is 12.5 Å². The molecule has 6 nitrogen and oxygen atoms in total. The van der Waals surface area contributed by atoms with Crippen LogP contribution in [0.4, 0.5) is 4.79 Å². The number of carbonyl (C=O) groups excluding carboxylic acids is 2. The van der Waals surface area contributed by atoms with Gasteiger partial charge in [0.15, 0.2) is 0 Å². The highest BCUT2D eigenvalue weighted by molar-refractivity contribution is 5.97. The van der Waals surface area contributed by atoms with E-state index in [0.717, 1.165) is 5.56 Å². The fraction of sp³-hybridized carbons (Fsp3) is 0.429. The van der Waals surface area contributed by atoms with Gasteiger partial charge in [-0.25, -0.2) is 4.79 Å². The Labute approximate surface area is 118 Å². The molecule has 1 aromatic carbocycles. The monoisotopic (exact) mass is 279 g/mol. The van der Waals surface area contributed by atoms with Gasteiger partial charge >= 0.3 is 6.03 Å². The highest BCUT2D eigenvalue weighted by Gasteiger charge is 2.23. The van der Waals surface area contributed by atoms with Crippen molar-refractivity contribution in [2.24, 2.45) is 0 Å². The van der Waals surface area contributed by atoms with Gasteiger partial charge in [0, 0.05) is 20.2 Å². The van der Waals surface area contributed by atoms with Crippen molar-refractivity contribution in [1.82, 2.24) is 16.0 Å². The predicted molar refractivity (Wildman–Crippen MR) is 76.3 cm³/mol. The number of amides is 3. The van der Waals surface area contributed by atoms with Crippen LogP contribution < -0.4 is 16.0 Å². The first-order valence-corrected chi connectivity index (χ1v) is 6.41. The van der Waals surface area contributed by atoms with Crippen LogP contribution in [-0.2, 0) is 9.53 Å². The number of urea groups is 1. The maximum atomic E-state index is 12.2. The quantitative estimate of drug-likeness (QED) is 0.720. The Morgan fingerprint density at radius 3 is 2.45 bits per heavy atom. The summed E-state index contributed by atoms with van der Waals surface area (Å²) in [5, 5.41) is 7.79. The molecule has 1 aromatic rings. The topological polar surface area (TPSA) is 79.5 Å². The summed E-state index contributed by atoms with van der Waals surface area (Å²) in [4.78, 5) is 23.5. The molecule has 0 aliphatic heterocycles. The second-order valence-electron chi connectivity index (χ2n) is 4.44. The number of hydrogen-bond acceptors (Lipinski definition) is 4. The first kappa shape index (κ1) is 16.1. The molecule has 0 bridgehead atoms. The van der Waals surface area contributed by atoms with E-state index >= 15 is 0 Å². The molecule has 1 rings (SSSR count). The molecule has 20 heavy (non-hydrogen) atoms. The van der Waals surface area contributed by atoms with Crippen molar-refractivity contribution >= 4 is 11.9 Å². The number of benzene rings is 1. The number of rotatable bonds is 6. The van der Waals surface area contributed by atoms with E-state index < -0.39 is 18.0 Å². The summed E-state index contributed by atoms with van der Waals surface area (Å²) in [7, 11) is 3.06. The van der Waals surface area contributed by atoms with Gasteiger partial charge in [-0.2, -0.15) is 0 Å². The molecule has 0 aliphatic carbocycles. The highest BCUT2D eigenvalue weighted by atomic mass is 16.5. The standard InChI is InChI=1S/C14H21N3O3/c1-10(9-20-3)16-12(11-7-5-4-6-8-11)13(18)17-14(19)15-2/h4-8,10,12,16H,9H2,1-3H3,(H2,15,17,18,19)/t10-,12+/m0/s1. The van der Waals surface area contributed by atoms with E-state index in [0.29, 0.717) is 6.61 Å². The number of ether oxygens (including phenoxy) is 1. The summed E-state index contributed by atoms with van der Waals surface area (Å²) in [5.41, 5.74) is 0.789. The molecule has 3 amide bonds. The minimum Gasteiger partial charge on any atom is -0.383 e. The Balaban J connectivity index is 2.84. The highest BCUT2D eigenvalue weighted by Crippen LogP contribution is 2.13. The van der Waals surface area contributed by atoms with Gasteiger partial charge in [0.1, 0.15) is 6.04 Å². The number of methoxy groups -OCH3 is 1. The van der Waals surface area contributed by atoms with E-state index in [9.17, 15) is 9.59 Å². The van der Waals surface area contributed by atoms with E-state index in [1.165, 1.54) is 7.05 Å². The third kappa shape index (κ3) is 4.99. The molecule has 0 saturated carbocycles. The van der Waals surface area contributed by atoms with Gasteiger partial charge in [-0.1, -0.05) is 30.3 Å². The molecular weight excluding hydrogens is 258 g/mol. The van der Waals surface area contributed by atoms with Crippen molar-refractivity contribution in [3.05, 3.63) is 35.9 Å². The smallest absolute Gasteiger partial charge is 0.321 e. The van der Waals surface area contributed by atoms with Gasteiger partial charge in [-0.3, -0.25) is 15.4 Å². The molecule has 0 fully saturated rings. The number of hydrogen-bond donors (Lipinski definition) is 3. The Hall–Kier alpha value is -1.92. The van der Waals surface area contributed by atoms with Crippen LogP contribution in [0.2, 0.25) is 0 Å². The van der Waals surface area contributed by atoms with Gasteiger partial charge in [0.05, 0.1) is 6.61 Å². The van der Waals surface area contributed by atoms with Gasteiger partial charge in [0.25, 0.3) is 0 Å². The molecule has 6 heteroatoms. The molecule has 3 N–H and O–H groups in total. The fourth-order valence-electron chi connectivity index (χ4n) is 1.80. The minimum absolute atomic E-state index is 0.0272. The zero-order valence-electron chi connectivity index (χ0n) is 12.0. The van der Waals surface area contributed by atoms with Crippen LogP contribution in [0.15, 0.2) is 30.3 Å². The third-order valence-corrected chi connectivity index (χ3v) is 2.73. The fourth-order valence-corrected chi connectivity index (χ4v) is 1.80. The minimum atomic E-state index is -0.612. The van der Waals surface area contributed by atoms with E-state index in [1.54, 1.807) is 7.11 Å². The SMILES string of the molecule is CNC(=O)NC(=O)[C@H](N[C@@H](C)COC)c1ccccc1. The Morgan fingerprint density at radius 2 is 1.90 bits per heavy atom. The second kappa shape index (κ2) is 8.29. The summed E-state index contributed by atoms with van der Waals surface area (Å²) >= 11 is 0. The lowest BCUT2D eigenvalue weighted by molar-refractivity contribution is -0.122. The lowest BCUT2D eigenvalue weighted by Gasteiger charge is -2.22. The normalized spacial score (nSPS) is 13.3. The molecule has 110 valence electrons. The predicted octanol–water partition coefficient (Wildman–Crippen LogP) is 0.808. The van der Waals surface area contributed by atoms with Crippen molar-refractivity contribution in [1.29, 1.82) is 0 Å². The van der Waals surface area contributed by atoms with Crippen LogP contribution in [-0.4, -0.2) is 38.7 Å². The van der Waals surface area contributed by atoms with Crippen LogP contribution in [0.25, 0.3) is 0 Å². The Bertz CT molecular complexity index is 437. The average Bonchev–Trinajstić information content (AvgIpc) is 2.45. The molecule has 0 unspecified atom stereocenters. The summed E-state index contributed by atoms with van der Waals surface area (Å²) in [5.74, 6) is -0.404. The van der Waals surface area contributed by atoms with Gasteiger partial charge < -0.3 is 10.1 Å². The van der Waals surface area contributed by atoms with E-state index in [4.69, 9.17) is 4.74 Å². The molecule has 0 aliphatic rings. The first-order chi connectivity index (χ1) is 9.58. The maximum absolute atomic E-state index is 12.2. The van der Waals surface area contributed by atoms with Crippen molar-refractivity contribution in [3.8, 4) is 0 Å². The summed E-state index contributed by atoms with van der Waals surface area (Å²) in [6.45, 7) is 2.38. The van der Waals surface area contributed by atoms with Crippen LogP contribution in [0.5, 0.6) is 0 Å². The zero-order valence-corrected chi connectivity index (χ0v) is 12.0. The Morgan fingerprint density at radius 1 is 1.25 bits per heavy atom. The number of carbonyl (C=O) groups is 2. The lowest BCUT2D eigenvalue weighted by Crippen LogP contribution is -2.46. The molecular formula is C14H21N3O3. The van der Waals surface area contributed by atoms with Gasteiger partial charge in [0.2, 0.25) is 5.91 Å². The molecule has 0 spiro atoms. The van der Waals surface area contributed by atoms with Crippen LogP contribution in [0, 0.1) is 0 Å².